The Kier molecular flexibility index (Phi) is 4.52. The zero-order valence-electron chi connectivity index (χ0n) is 11.6. The van der Waals surface area contributed by atoms with E-state index >= 15 is 0 Å². The number of rotatable bonds is 5. The highest BCUT2D eigenvalue weighted by molar-refractivity contribution is 5.52. The van der Waals surface area contributed by atoms with Gasteiger partial charge < -0.3 is 4.74 Å². The number of hydrogen-bond acceptors (Lipinski definition) is 4. The van der Waals surface area contributed by atoms with Crippen molar-refractivity contribution in [1.82, 2.24) is 0 Å². The second-order valence-electron chi connectivity index (χ2n) is 4.54. The van der Waals surface area contributed by atoms with Gasteiger partial charge in [0.15, 0.2) is 0 Å². The molecule has 0 aromatic heterocycles. The van der Waals surface area contributed by atoms with Crippen LogP contribution in [-0.4, -0.2) is 4.92 Å². The van der Waals surface area contributed by atoms with Crippen molar-refractivity contribution in [1.29, 1.82) is 5.26 Å². The minimum absolute atomic E-state index is 0.0138. The zero-order chi connectivity index (χ0) is 15.2. The molecule has 106 valence electrons. The number of nitriles is 1. The first-order chi connectivity index (χ1) is 10.1. The summed E-state index contributed by atoms with van der Waals surface area (Å²) in [6.07, 6.45) is 2.09. The largest absolute Gasteiger partial charge is 0.457 e. The molecule has 0 fully saturated rings. The Bertz CT molecular complexity index is 688. The zero-order valence-corrected chi connectivity index (χ0v) is 11.6. The summed E-state index contributed by atoms with van der Waals surface area (Å²) in [5, 5.41) is 19.7. The molecule has 0 radical (unpaired) electrons. The number of nitro groups is 1. The Morgan fingerprint density at radius 3 is 2.43 bits per heavy atom. The molecule has 0 amide bonds. The van der Waals surface area contributed by atoms with Gasteiger partial charge in [-0.25, -0.2) is 0 Å². The Labute approximate surface area is 122 Å². The summed E-state index contributed by atoms with van der Waals surface area (Å²) in [5.74, 6) is 1.04. The standard InChI is InChI=1S/C16H14N2O3/c1-2-3-12-4-6-14(7-5-12)21-15-8-9-16(18(19)20)13(10-15)11-17/h4-10H,2-3H2,1H3. The Hall–Kier alpha value is -2.87. The summed E-state index contributed by atoms with van der Waals surface area (Å²) in [6, 6.07) is 13.6. The lowest BCUT2D eigenvalue weighted by molar-refractivity contribution is -0.385. The van der Waals surface area contributed by atoms with Crippen LogP contribution in [0.5, 0.6) is 11.5 Å². The van der Waals surface area contributed by atoms with Crippen LogP contribution in [-0.2, 0) is 6.42 Å². The molecule has 0 atom stereocenters. The van der Waals surface area contributed by atoms with E-state index in [1.165, 1.54) is 23.8 Å². The second-order valence-corrected chi connectivity index (χ2v) is 4.54. The summed E-state index contributed by atoms with van der Waals surface area (Å²) < 4.78 is 5.62. The van der Waals surface area contributed by atoms with Crippen LogP contribution in [0.2, 0.25) is 0 Å². The van der Waals surface area contributed by atoms with Gasteiger partial charge in [0.05, 0.1) is 4.92 Å². The minimum Gasteiger partial charge on any atom is -0.457 e. The number of benzene rings is 2. The molecule has 2 aromatic carbocycles. The molecule has 0 heterocycles. The smallest absolute Gasteiger partial charge is 0.287 e. The number of ether oxygens (including phenoxy) is 1. The molecule has 0 bridgehead atoms. The van der Waals surface area contributed by atoms with Gasteiger partial charge in [0.25, 0.3) is 5.69 Å². The lowest BCUT2D eigenvalue weighted by Crippen LogP contribution is -1.93. The Balaban J connectivity index is 2.20. The maximum Gasteiger partial charge on any atom is 0.287 e. The average Bonchev–Trinajstić information content (AvgIpc) is 2.49. The molecule has 2 aromatic rings. The molecule has 0 aliphatic heterocycles. The molecule has 0 spiro atoms. The van der Waals surface area contributed by atoms with E-state index in [0.29, 0.717) is 11.5 Å². The van der Waals surface area contributed by atoms with Gasteiger partial charge in [-0.3, -0.25) is 10.1 Å². The molecule has 0 aliphatic carbocycles. The van der Waals surface area contributed by atoms with Gasteiger partial charge in [0.1, 0.15) is 23.1 Å². The molecule has 2 rings (SSSR count). The fourth-order valence-electron chi connectivity index (χ4n) is 1.98. The molecule has 0 unspecified atom stereocenters. The first kappa shape index (κ1) is 14.5. The predicted molar refractivity (Wildman–Crippen MR) is 78.3 cm³/mol. The molecule has 0 saturated carbocycles. The maximum atomic E-state index is 10.8. The molecular formula is C16H14N2O3. The summed E-state index contributed by atoms with van der Waals surface area (Å²) in [7, 11) is 0. The third-order valence-corrected chi connectivity index (χ3v) is 2.98. The van der Waals surface area contributed by atoms with Gasteiger partial charge in [-0.2, -0.15) is 5.26 Å². The SMILES string of the molecule is CCCc1ccc(Oc2ccc([N+](=O)[O-])c(C#N)c2)cc1. The second kappa shape index (κ2) is 6.53. The molecule has 5 nitrogen and oxygen atoms in total. The average molecular weight is 282 g/mol. The van der Waals surface area contributed by atoms with Crippen molar-refractivity contribution in [3.05, 3.63) is 63.7 Å². The van der Waals surface area contributed by atoms with Gasteiger partial charge in [-0.05, 0) is 30.2 Å². The van der Waals surface area contributed by atoms with Crippen molar-refractivity contribution < 1.29 is 9.66 Å². The van der Waals surface area contributed by atoms with Crippen LogP contribution >= 0.6 is 0 Å². The quantitative estimate of drug-likeness (QED) is 0.608. The van der Waals surface area contributed by atoms with Gasteiger partial charge in [0, 0.05) is 12.1 Å². The topological polar surface area (TPSA) is 76.2 Å². The van der Waals surface area contributed by atoms with Crippen LogP contribution in [0.25, 0.3) is 0 Å². The van der Waals surface area contributed by atoms with E-state index in [1.807, 2.05) is 30.3 Å². The fraction of sp³-hybridized carbons (Fsp3) is 0.188. The minimum atomic E-state index is -0.581. The molecule has 0 aliphatic rings. The van der Waals surface area contributed by atoms with Crippen molar-refractivity contribution in [2.75, 3.05) is 0 Å². The molecule has 0 saturated heterocycles. The Morgan fingerprint density at radius 2 is 1.86 bits per heavy atom. The van der Waals surface area contributed by atoms with Crippen molar-refractivity contribution >= 4 is 5.69 Å². The van der Waals surface area contributed by atoms with E-state index in [-0.39, 0.29) is 11.3 Å². The van der Waals surface area contributed by atoms with Gasteiger partial charge in [0.2, 0.25) is 0 Å². The van der Waals surface area contributed by atoms with E-state index < -0.39 is 4.92 Å². The van der Waals surface area contributed by atoms with Gasteiger partial charge in [-0.15, -0.1) is 0 Å². The van der Waals surface area contributed by atoms with Gasteiger partial charge >= 0.3 is 0 Å². The molecule has 5 heteroatoms. The van der Waals surface area contributed by atoms with Crippen LogP contribution in [0.1, 0.15) is 24.5 Å². The number of aryl methyl sites for hydroxylation is 1. The number of nitrogens with zero attached hydrogens (tertiary/aromatic N) is 2. The number of nitro benzene ring substituents is 1. The van der Waals surface area contributed by atoms with Crippen molar-refractivity contribution in [3.63, 3.8) is 0 Å². The third-order valence-electron chi connectivity index (χ3n) is 2.98. The van der Waals surface area contributed by atoms with Crippen LogP contribution in [0, 0.1) is 21.4 Å². The van der Waals surface area contributed by atoms with E-state index in [1.54, 1.807) is 0 Å². The summed E-state index contributed by atoms with van der Waals surface area (Å²) in [6.45, 7) is 2.12. The third kappa shape index (κ3) is 3.57. The molecular weight excluding hydrogens is 268 g/mol. The van der Waals surface area contributed by atoms with Crippen LogP contribution < -0.4 is 4.74 Å². The molecule has 21 heavy (non-hydrogen) atoms. The van der Waals surface area contributed by atoms with E-state index in [4.69, 9.17) is 10.00 Å². The Morgan fingerprint density at radius 1 is 1.19 bits per heavy atom. The number of hydrogen-bond donors (Lipinski definition) is 0. The van der Waals surface area contributed by atoms with E-state index in [2.05, 4.69) is 6.92 Å². The highest BCUT2D eigenvalue weighted by Gasteiger charge is 2.14. The predicted octanol–water partition coefficient (Wildman–Crippen LogP) is 4.21. The molecule has 0 N–H and O–H groups in total. The monoisotopic (exact) mass is 282 g/mol. The van der Waals surface area contributed by atoms with E-state index in [9.17, 15) is 10.1 Å². The first-order valence-electron chi connectivity index (χ1n) is 6.59. The lowest BCUT2D eigenvalue weighted by Gasteiger charge is -2.07. The maximum absolute atomic E-state index is 10.8. The van der Waals surface area contributed by atoms with Crippen LogP contribution in [0.4, 0.5) is 5.69 Å². The fourth-order valence-corrected chi connectivity index (χ4v) is 1.98. The lowest BCUT2D eigenvalue weighted by atomic mass is 10.1. The summed E-state index contributed by atoms with van der Waals surface area (Å²) >= 11 is 0. The summed E-state index contributed by atoms with van der Waals surface area (Å²) in [5.41, 5.74) is 0.995. The first-order valence-corrected chi connectivity index (χ1v) is 6.59. The van der Waals surface area contributed by atoms with Crippen molar-refractivity contribution in [2.24, 2.45) is 0 Å². The van der Waals surface area contributed by atoms with Crippen LogP contribution in [0.3, 0.4) is 0 Å². The van der Waals surface area contributed by atoms with Crippen molar-refractivity contribution in [2.45, 2.75) is 19.8 Å². The van der Waals surface area contributed by atoms with E-state index in [0.717, 1.165) is 12.8 Å². The normalized spacial score (nSPS) is 9.90. The summed E-state index contributed by atoms with van der Waals surface area (Å²) in [4.78, 5) is 10.2. The highest BCUT2D eigenvalue weighted by atomic mass is 16.6. The van der Waals surface area contributed by atoms with Gasteiger partial charge in [-0.1, -0.05) is 25.5 Å². The van der Waals surface area contributed by atoms with Crippen LogP contribution in [0.15, 0.2) is 42.5 Å². The highest BCUT2D eigenvalue weighted by Crippen LogP contribution is 2.27. The van der Waals surface area contributed by atoms with Crippen molar-refractivity contribution in [3.8, 4) is 17.6 Å².